The first-order valence-corrected chi connectivity index (χ1v) is 21.7. The number of fused-ring (bicyclic) bond motifs is 12. The summed E-state index contributed by atoms with van der Waals surface area (Å²) >= 11 is 1.85. The van der Waals surface area contributed by atoms with E-state index in [1.165, 1.54) is 69.2 Å². The van der Waals surface area contributed by atoms with Crippen molar-refractivity contribution in [3.63, 3.8) is 0 Å². The number of nitrogens with zero attached hydrogens (tertiary/aromatic N) is 3. The molecule has 288 valence electrons. The van der Waals surface area contributed by atoms with Gasteiger partial charge in [0, 0.05) is 47.6 Å². The summed E-state index contributed by atoms with van der Waals surface area (Å²) < 4.78 is 8.80. The minimum atomic E-state index is 0.605. The van der Waals surface area contributed by atoms with E-state index >= 15 is 0 Å². The average Bonchev–Trinajstić information content (AvgIpc) is 3.93. The molecular weight excluding hydrogens is 775 g/mol. The number of aromatic nitrogens is 3. The van der Waals surface area contributed by atoms with E-state index in [0.29, 0.717) is 17.5 Å². The summed E-state index contributed by atoms with van der Waals surface area (Å²) in [5.74, 6) is 1.84. The molecule has 0 unspecified atom stereocenters. The lowest BCUT2D eigenvalue weighted by molar-refractivity contribution is 0.669. The van der Waals surface area contributed by atoms with Crippen molar-refractivity contribution in [2.24, 2.45) is 0 Å². The molecule has 0 amide bonds. The molecule has 62 heavy (non-hydrogen) atoms. The van der Waals surface area contributed by atoms with Gasteiger partial charge in [-0.1, -0.05) is 164 Å². The molecule has 0 spiro atoms. The van der Waals surface area contributed by atoms with Gasteiger partial charge in [-0.3, -0.25) is 0 Å². The SMILES string of the molecule is c1ccc(-c2nc(-c3ccc(-c4cccc5sc6ccc(-c7ccc8c9ccccc9c9ccccc9c8c7)cc6c45)cc3)nc(-c3cccc4oc5ccccc5c34)n2)cc1. The van der Waals surface area contributed by atoms with E-state index in [1.54, 1.807) is 0 Å². The highest BCUT2D eigenvalue weighted by Gasteiger charge is 2.19. The molecule has 0 atom stereocenters. The molecule has 13 rings (SSSR count). The maximum Gasteiger partial charge on any atom is 0.164 e. The Hall–Kier alpha value is -7.99. The van der Waals surface area contributed by atoms with Crippen LogP contribution >= 0.6 is 11.3 Å². The Morgan fingerprint density at radius 1 is 0.290 bits per heavy atom. The lowest BCUT2D eigenvalue weighted by atomic mass is 9.91. The van der Waals surface area contributed by atoms with Crippen LogP contribution in [0.3, 0.4) is 0 Å². The van der Waals surface area contributed by atoms with Gasteiger partial charge in [-0.05, 0) is 91.0 Å². The number of para-hydroxylation sites is 1. The van der Waals surface area contributed by atoms with Gasteiger partial charge in [0.25, 0.3) is 0 Å². The maximum atomic E-state index is 6.25. The lowest BCUT2D eigenvalue weighted by Crippen LogP contribution is -2.00. The van der Waals surface area contributed by atoms with Gasteiger partial charge in [0.05, 0.1) is 0 Å². The molecule has 0 aliphatic rings. The number of furan rings is 1. The second-order valence-electron chi connectivity index (χ2n) is 15.9. The maximum absolute atomic E-state index is 6.25. The van der Waals surface area contributed by atoms with E-state index in [1.807, 2.05) is 72.0 Å². The molecule has 0 aliphatic heterocycles. The van der Waals surface area contributed by atoms with Crippen LogP contribution in [0.5, 0.6) is 0 Å². The molecule has 0 saturated carbocycles. The molecule has 0 fully saturated rings. The van der Waals surface area contributed by atoms with E-state index < -0.39 is 0 Å². The summed E-state index contributed by atoms with van der Waals surface area (Å²) in [5.41, 5.74) is 9.16. The molecule has 0 saturated heterocycles. The molecule has 10 aromatic carbocycles. The monoisotopic (exact) mass is 807 g/mol. The summed E-state index contributed by atoms with van der Waals surface area (Å²) in [4.78, 5) is 15.3. The lowest BCUT2D eigenvalue weighted by Gasteiger charge is -2.12. The standard InChI is InChI=1S/C57H33N3OS/c1-2-12-35(13-3-1)55-58-56(60-57(59-55)46-20-10-22-50-53(46)45-18-8-9-21-49(45)61-50)36-26-24-34(25-27-36)39-19-11-23-52-54(39)48-33-38(29-31-51(48)62-52)37-28-30-44-42-16-5-4-14-40(42)41-15-6-7-17-43(41)47(44)32-37/h1-33H. The van der Waals surface area contributed by atoms with Gasteiger partial charge in [-0.25, -0.2) is 15.0 Å². The molecule has 3 aromatic heterocycles. The Labute approximate surface area is 360 Å². The third-order valence-corrected chi connectivity index (χ3v) is 13.5. The van der Waals surface area contributed by atoms with Gasteiger partial charge in [-0.2, -0.15) is 0 Å². The van der Waals surface area contributed by atoms with Gasteiger partial charge in [-0.15, -0.1) is 11.3 Å². The molecule has 0 N–H and O–H groups in total. The molecule has 13 aromatic rings. The molecular formula is C57H33N3OS. The predicted molar refractivity (Wildman–Crippen MR) is 260 cm³/mol. The molecule has 0 radical (unpaired) electrons. The van der Waals surface area contributed by atoms with Crippen LogP contribution in [0.4, 0.5) is 0 Å². The van der Waals surface area contributed by atoms with Gasteiger partial charge >= 0.3 is 0 Å². The van der Waals surface area contributed by atoms with Crippen LogP contribution in [0.25, 0.3) is 131 Å². The number of thiophene rings is 1. The first kappa shape index (κ1) is 34.8. The molecule has 3 heterocycles. The second kappa shape index (κ2) is 13.8. The fraction of sp³-hybridized carbons (Fsp3) is 0. The normalized spacial score (nSPS) is 11.9. The van der Waals surface area contributed by atoms with E-state index in [0.717, 1.165) is 44.2 Å². The van der Waals surface area contributed by atoms with E-state index in [-0.39, 0.29) is 0 Å². The Morgan fingerprint density at radius 2 is 0.806 bits per heavy atom. The van der Waals surface area contributed by atoms with E-state index in [9.17, 15) is 0 Å². The van der Waals surface area contributed by atoms with E-state index in [4.69, 9.17) is 19.4 Å². The summed E-state index contributed by atoms with van der Waals surface area (Å²) in [7, 11) is 0. The summed E-state index contributed by atoms with van der Waals surface area (Å²) in [5, 5.41) is 12.3. The van der Waals surface area contributed by atoms with Crippen LogP contribution in [0, 0.1) is 0 Å². The number of hydrogen-bond acceptors (Lipinski definition) is 5. The second-order valence-corrected chi connectivity index (χ2v) is 17.0. The third kappa shape index (κ3) is 5.49. The fourth-order valence-electron chi connectivity index (χ4n) is 9.44. The predicted octanol–water partition coefficient (Wildman–Crippen LogP) is 15.9. The molecule has 4 nitrogen and oxygen atoms in total. The Kier molecular flexibility index (Phi) is 7.74. The van der Waals surface area contributed by atoms with Crippen LogP contribution in [-0.2, 0) is 0 Å². The van der Waals surface area contributed by atoms with Crippen LogP contribution in [0.1, 0.15) is 0 Å². The first-order chi connectivity index (χ1) is 30.7. The zero-order chi connectivity index (χ0) is 40.7. The highest BCUT2D eigenvalue weighted by Crippen LogP contribution is 2.43. The molecule has 5 heteroatoms. The van der Waals surface area contributed by atoms with Crippen molar-refractivity contribution in [2.75, 3.05) is 0 Å². The van der Waals surface area contributed by atoms with Crippen LogP contribution in [-0.4, -0.2) is 15.0 Å². The van der Waals surface area contributed by atoms with Gasteiger partial charge in [0.1, 0.15) is 11.2 Å². The van der Waals surface area contributed by atoms with Crippen molar-refractivity contribution in [2.45, 2.75) is 0 Å². The van der Waals surface area contributed by atoms with Crippen molar-refractivity contribution < 1.29 is 4.42 Å². The molecule has 0 bridgehead atoms. The summed E-state index contributed by atoms with van der Waals surface area (Å²) in [6.07, 6.45) is 0. The largest absolute Gasteiger partial charge is 0.456 e. The molecule has 0 aliphatic carbocycles. The Balaban J connectivity index is 0.924. The van der Waals surface area contributed by atoms with Crippen molar-refractivity contribution in [3.05, 3.63) is 200 Å². The highest BCUT2D eigenvalue weighted by atomic mass is 32.1. The van der Waals surface area contributed by atoms with Crippen LogP contribution < -0.4 is 0 Å². The zero-order valence-corrected chi connectivity index (χ0v) is 34.0. The van der Waals surface area contributed by atoms with Gasteiger partial charge < -0.3 is 4.42 Å². The fourth-order valence-corrected chi connectivity index (χ4v) is 10.5. The van der Waals surface area contributed by atoms with Gasteiger partial charge in [0.15, 0.2) is 17.5 Å². The van der Waals surface area contributed by atoms with Crippen LogP contribution in [0.2, 0.25) is 0 Å². The number of benzene rings is 10. The minimum absolute atomic E-state index is 0.605. The summed E-state index contributed by atoms with van der Waals surface area (Å²) in [6, 6.07) is 71.1. The first-order valence-electron chi connectivity index (χ1n) is 20.8. The van der Waals surface area contributed by atoms with Crippen molar-refractivity contribution in [3.8, 4) is 56.4 Å². The summed E-state index contributed by atoms with van der Waals surface area (Å²) in [6.45, 7) is 0. The Bertz CT molecular complexity index is 3890. The van der Waals surface area contributed by atoms with Crippen molar-refractivity contribution in [1.82, 2.24) is 15.0 Å². The highest BCUT2D eigenvalue weighted by molar-refractivity contribution is 7.26. The van der Waals surface area contributed by atoms with Gasteiger partial charge in [0.2, 0.25) is 0 Å². The Morgan fingerprint density at radius 3 is 1.55 bits per heavy atom. The minimum Gasteiger partial charge on any atom is -0.456 e. The third-order valence-electron chi connectivity index (χ3n) is 12.3. The smallest absolute Gasteiger partial charge is 0.164 e. The quantitative estimate of drug-likeness (QED) is 0.163. The van der Waals surface area contributed by atoms with E-state index in [2.05, 4.69) is 140 Å². The zero-order valence-electron chi connectivity index (χ0n) is 33.2. The number of hydrogen-bond donors (Lipinski definition) is 0. The number of rotatable bonds is 5. The topological polar surface area (TPSA) is 51.8 Å². The van der Waals surface area contributed by atoms with Crippen LogP contribution in [0.15, 0.2) is 205 Å². The van der Waals surface area contributed by atoms with Crippen molar-refractivity contribution in [1.29, 1.82) is 0 Å². The van der Waals surface area contributed by atoms with Crippen molar-refractivity contribution >= 4 is 85.8 Å². The average molecular weight is 808 g/mol.